The minimum Gasteiger partial charge on any atom is -0.340 e. The average Bonchev–Trinajstić information content (AvgIpc) is 2.48. The molecule has 1 saturated heterocycles. The van der Waals surface area contributed by atoms with Crippen LogP contribution in [0.4, 0.5) is 4.39 Å². The van der Waals surface area contributed by atoms with E-state index >= 15 is 0 Å². The van der Waals surface area contributed by atoms with Gasteiger partial charge in [0.25, 0.3) is 0 Å². The van der Waals surface area contributed by atoms with Crippen LogP contribution in [0.1, 0.15) is 20.8 Å². The largest absolute Gasteiger partial charge is 0.340 e. The third-order valence-electron chi connectivity index (χ3n) is 3.70. The summed E-state index contributed by atoms with van der Waals surface area (Å²) < 4.78 is 40.3. The lowest BCUT2D eigenvalue weighted by Crippen LogP contribution is -2.53. The molecule has 0 aromatic heterocycles. The molecule has 0 N–H and O–H groups in total. The quantitative estimate of drug-likeness (QED) is 0.811. The molecule has 1 aromatic rings. The predicted octanol–water partition coefficient (Wildman–Crippen LogP) is 2.36. The molecule has 8 heteroatoms. The summed E-state index contributed by atoms with van der Waals surface area (Å²) in [6, 6.07) is 3.90. The molecular weight excluding hydrogens is 343 g/mol. The standard InChI is InChI=1S/C15H20ClFN2O3S/c1-15(2,3)14(20)18-7-9-19(10-8-18)23(21,22)12-6-4-5-11(16)13(12)17/h4-6H,7-10H2,1-3H3. The van der Waals surface area contributed by atoms with Crippen LogP contribution in [-0.2, 0) is 14.8 Å². The number of amides is 1. The maximum absolute atomic E-state index is 14.0. The molecule has 0 radical (unpaired) electrons. The fourth-order valence-electron chi connectivity index (χ4n) is 2.43. The SMILES string of the molecule is CC(C)(C)C(=O)N1CCN(S(=O)(=O)c2cccc(Cl)c2F)CC1. The molecule has 0 saturated carbocycles. The van der Waals surface area contributed by atoms with Gasteiger partial charge >= 0.3 is 0 Å². The molecule has 23 heavy (non-hydrogen) atoms. The van der Waals surface area contributed by atoms with Crippen LogP contribution >= 0.6 is 11.6 Å². The first-order valence-electron chi connectivity index (χ1n) is 7.28. The fraction of sp³-hybridized carbons (Fsp3) is 0.533. The van der Waals surface area contributed by atoms with Crippen LogP contribution in [0.5, 0.6) is 0 Å². The maximum Gasteiger partial charge on any atom is 0.246 e. The van der Waals surface area contributed by atoms with Gasteiger partial charge in [-0.15, -0.1) is 0 Å². The summed E-state index contributed by atoms with van der Waals surface area (Å²) in [4.78, 5) is 13.4. The number of sulfonamides is 1. The van der Waals surface area contributed by atoms with E-state index in [1.807, 2.05) is 20.8 Å². The highest BCUT2D eigenvalue weighted by atomic mass is 35.5. The summed E-state index contributed by atoms with van der Waals surface area (Å²) in [7, 11) is -3.96. The Morgan fingerprint density at radius 3 is 2.26 bits per heavy atom. The highest BCUT2D eigenvalue weighted by molar-refractivity contribution is 7.89. The number of carbonyl (C=O) groups excluding carboxylic acids is 1. The first-order valence-corrected chi connectivity index (χ1v) is 9.10. The van der Waals surface area contributed by atoms with Gasteiger partial charge < -0.3 is 4.90 Å². The number of nitrogens with zero attached hydrogens (tertiary/aromatic N) is 2. The monoisotopic (exact) mass is 362 g/mol. The molecule has 5 nitrogen and oxygen atoms in total. The minimum atomic E-state index is -3.96. The lowest BCUT2D eigenvalue weighted by atomic mass is 9.94. The number of benzene rings is 1. The van der Waals surface area contributed by atoms with E-state index in [0.29, 0.717) is 0 Å². The van der Waals surface area contributed by atoms with Gasteiger partial charge in [0.1, 0.15) is 4.90 Å². The van der Waals surface area contributed by atoms with E-state index in [4.69, 9.17) is 11.6 Å². The molecular formula is C15H20ClFN2O3S. The summed E-state index contributed by atoms with van der Waals surface area (Å²) >= 11 is 5.66. The van der Waals surface area contributed by atoms with Crippen LogP contribution in [0, 0.1) is 11.2 Å². The smallest absolute Gasteiger partial charge is 0.246 e. The van der Waals surface area contributed by atoms with E-state index in [-0.39, 0.29) is 37.1 Å². The topological polar surface area (TPSA) is 57.7 Å². The molecule has 1 aliphatic rings. The predicted molar refractivity (Wildman–Crippen MR) is 86.2 cm³/mol. The summed E-state index contributed by atoms with van der Waals surface area (Å²) in [6.45, 7) is 6.31. The van der Waals surface area contributed by atoms with Crippen LogP contribution in [0.2, 0.25) is 5.02 Å². The van der Waals surface area contributed by atoms with Gasteiger partial charge in [-0.25, -0.2) is 12.8 Å². The highest BCUT2D eigenvalue weighted by Crippen LogP contribution is 2.26. The molecule has 2 rings (SSSR count). The molecule has 0 aliphatic carbocycles. The summed E-state index contributed by atoms with van der Waals surface area (Å²) in [5.74, 6) is -0.967. The zero-order valence-corrected chi connectivity index (χ0v) is 14.9. The van der Waals surface area contributed by atoms with Crippen molar-refractivity contribution in [1.82, 2.24) is 9.21 Å². The Hall–Kier alpha value is -1.18. The van der Waals surface area contributed by atoms with Crippen molar-refractivity contribution in [3.63, 3.8) is 0 Å². The first kappa shape index (κ1) is 18.2. The molecule has 1 heterocycles. The second kappa shape index (κ2) is 6.37. The minimum absolute atomic E-state index is 0.0246. The fourth-order valence-corrected chi connectivity index (χ4v) is 4.17. The number of rotatable bonds is 2. The van der Waals surface area contributed by atoms with Gasteiger partial charge in [-0.05, 0) is 12.1 Å². The van der Waals surface area contributed by atoms with E-state index in [9.17, 15) is 17.6 Å². The zero-order valence-electron chi connectivity index (χ0n) is 13.3. The normalized spacial score (nSPS) is 17.3. The molecule has 1 aliphatic heterocycles. The van der Waals surface area contributed by atoms with Crippen molar-refractivity contribution >= 4 is 27.5 Å². The zero-order chi connectivity index (χ0) is 17.4. The van der Waals surface area contributed by atoms with Gasteiger partial charge in [0, 0.05) is 31.6 Å². The van der Waals surface area contributed by atoms with Crippen molar-refractivity contribution in [1.29, 1.82) is 0 Å². The molecule has 1 fully saturated rings. The first-order chi connectivity index (χ1) is 10.5. The lowest BCUT2D eigenvalue weighted by Gasteiger charge is -2.37. The van der Waals surface area contributed by atoms with Gasteiger partial charge in [-0.3, -0.25) is 4.79 Å². The van der Waals surface area contributed by atoms with E-state index in [1.165, 1.54) is 22.5 Å². The molecule has 0 spiro atoms. The molecule has 1 amide bonds. The van der Waals surface area contributed by atoms with Crippen molar-refractivity contribution in [3.8, 4) is 0 Å². The Kier molecular flexibility index (Phi) is 5.03. The highest BCUT2D eigenvalue weighted by Gasteiger charge is 2.35. The van der Waals surface area contributed by atoms with Crippen molar-refractivity contribution in [2.45, 2.75) is 25.7 Å². The Labute approximate surface area is 141 Å². The van der Waals surface area contributed by atoms with E-state index in [0.717, 1.165) is 0 Å². The van der Waals surface area contributed by atoms with Crippen molar-refractivity contribution < 1.29 is 17.6 Å². The summed E-state index contributed by atoms with van der Waals surface area (Å²) in [5.41, 5.74) is -0.514. The number of carbonyl (C=O) groups is 1. The van der Waals surface area contributed by atoms with Crippen LogP contribution in [0.25, 0.3) is 0 Å². The second-order valence-electron chi connectivity index (χ2n) is 6.50. The number of piperazine rings is 1. The van der Waals surface area contributed by atoms with Crippen LogP contribution < -0.4 is 0 Å². The van der Waals surface area contributed by atoms with Crippen molar-refractivity contribution in [2.75, 3.05) is 26.2 Å². The van der Waals surface area contributed by atoms with E-state index in [1.54, 1.807) is 4.90 Å². The second-order valence-corrected chi connectivity index (χ2v) is 8.81. The third kappa shape index (κ3) is 3.67. The maximum atomic E-state index is 14.0. The Morgan fingerprint density at radius 1 is 1.17 bits per heavy atom. The van der Waals surface area contributed by atoms with Gasteiger partial charge in [-0.1, -0.05) is 38.4 Å². The third-order valence-corrected chi connectivity index (χ3v) is 5.91. The van der Waals surface area contributed by atoms with Crippen LogP contribution in [0.3, 0.4) is 0 Å². The van der Waals surface area contributed by atoms with Gasteiger partial charge in [0.05, 0.1) is 5.02 Å². The number of hydrogen-bond donors (Lipinski definition) is 0. The molecule has 128 valence electrons. The molecule has 0 bridgehead atoms. The Morgan fingerprint density at radius 2 is 1.74 bits per heavy atom. The molecule has 1 aromatic carbocycles. The Balaban J connectivity index is 2.16. The van der Waals surface area contributed by atoms with Gasteiger partial charge in [0.15, 0.2) is 5.82 Å². The lowest BCUT2D eigenvalue weighted by molar-refractivity contribution is -0.140. The molecule has 0 unspecified atom stereocenters. The number of hydrogen-bond acceptors (Lipinski definition) is 3. The van der Waals surface area contributed by atoms with E-state index in [2.05, 4.69) is 0 Å². The van der Waals surface area contributed by atoms with Gasteiger partial charge in [-0.2, -0.15) is 4.31 Å². The van der Waals surface area contributed by atoms with Crippen LogP contribution in [-0.4, -0.2) is 49.7 Å². The summed E-state index contributed by atoms with van der Waals surface area (Å²) in [6.07, 6.45) is 0. The number of halogens is 2. The van der Waals surface area contributed by atoms with Crippen LogP contribution in [0.15, 0.2) is 23.1 Å². The Bertz CT molecular complexity index is 708. The van der Waals surface area contributed by atoms with E-state index < -0.39 is 26.2 Å². The van der Waals surface area contributed by atoms with Crippen molar-refractivity contribution in [2.24, 2.45) is 5.41 Å². The molecule has 0 atom stereocenters. The van der Waals surface area contributed by atoms with Gasteiger partial charge in [0.2, 0.25) is 15.9 Å². The van der Waals surface area contributed by atoms with Crippen molar-refractivity contribution in [3.05, 3.63) is 29.0 Å². The summed E-state index contributed by atoms with van der Waals surface area (Å²) in [5, 5.41) is -0.229. The average molecular weight is 363 g/mol.